The Hall–Kier alpha value is -1.53. The molecule has 0 aliphatic rings. The van der Waals surface area contributed by atoms with Crippen molar-refractivity contribution in [3.8, 4) is 0 Å². The second-order valence-corrected chi connectivity index (χ2v) is 3.34. The van der Waals surface area contributed by atoms with Crippen LogP contribution in [0.5, 0.6) is 0 Å². The highest BCUT2D eigenvalue weighted by molar-refractivity contribution is 5.88. The van der Waals surface area contributed by atoms with Crippen molar-refractivity contribution < 1.29 is 19.2 Å². The van der Waals surface area contributed by atoms with Crippen LogP contribution in [0.4, 0.5) is 0 Å². The summed E-state index contributed by atoms with van der Waals surface area (Å²) in [4.78, 5) is 21.2. The van der Waals surface area contributed by atoms with Gasteiger partial charge in [-0.1, -0.05) is 19.4 Å². The summed E-state index contributed by atoms with van der Waals surface area (Å²) in [5.41, 5.74) is 6.03. The molecule has 0 saturated carbocycles. The molecule has 2 N–H and O–H groups in total. The number of unbranched alkanes of at least 4 members (excludes halogenated alkanes) is 1. The predicted molar refractivity (Wildman–Crippen MR) is 68.0 cm³/mol. The summed E-state index contributed by atoms with van der Waals surface area (Å²) in [5.74, 6) is -0.486. The van der Waals surface area contributed by atoms with Gasteiger partial charge in [-0.05, 0) is 19.4 Å². The fraction of sp³-hybridized carbons (Fsp3) is 0.583. The maximum Gasteiger partial charge on any atom is 0.356 e. The molecule has 0 aromatic carbocycles. The minimum atomic E-state index is -0.486. The molecular formula is C12H22N2O4. The van der Waals surface area contributed by atoms with Crippen molar-refractivity contribution in [2.75, 3.05) is 20.8 Å². The fourth-order valence-corrected chi connectivity index (χ4v) is 1.15. The van der Waals surface area contributed by atoms with Crippen molar-refractivity contribution in [2.24, 2.45) is 0 Å². The van der Waals surface area contributed by atoms with E-state index in [4.69, 9.17) is 14.4 Å². The first-order chi connectivity index (χ1) is 8.69. The number of allylic oxidation sites excluding steroid dienone is 2. The molecule has 0 radical (unpaired) electrons. The van der Waals surface area contributed by atoms with Crippen molar-refractivity contribution >= 4 is 5.97 Å². The van der Waals surface area contributed by atoms with Gasteiger partial charge in [0, 0.05) is 0 Å². The fourth-order valence-electron chi connectivity index (χ4n) is 1.15. The first-order valence-corrected chi connectivity index (χ1v) is 5.86. The lowest BCUT2D eigenvalue weighted by Gasteiger charge is -2.10. The highest BCUT2D eigenvalue weighted by Gasteiger charge is 2.10. The van der Waals surface area contributed by atoms with Gasteiger partial charge in [-0.25, -0.2) is 4.79 Å². The van der Waals surface area contributed by atoms with Crippen molar-refractivity contribution in [3.05, 3.63) is 23.5 Å². The van der Waals surface area contributed by atoms with E-state index in [0.717, 1.165) is 12.8 Å². The van der Waals surface area contributed by atoms with Gasteiger partial charge in [0.25, 0.3) is 0 Å². The second kappa shape index (κ2) is 10.6. The van der Waals surface area contributed by atoms with Crippen molar-refractivity contribution in [1.29, 1.82) is 0 Å². The third-order valence-electron chi connectivity index (χ3n) is 1.88. The maximum atomic E-state index is 11.6. The molecule has 0 heterocycles. The summed E-state index contributed by atoms with van der Waals surface area (Å²) < 4.78 is 4.89. The van der Waals surface area contributed by atoms with Gasteiger partial charge in [-0.3, -0.25) is 20.6 Å². The van der Waals surface area contributed by atoms with Gasteiger partial charge in [-0.15, -0.1) is 0 Å². The molecule has 0 bridgehead atoms. The number of carbonyl (C=O) groups excluding carboxylic acids is 1. The Morgan fingerprint density at radius 3 is 2.33 bits per heavy atom. The highest BCUT2D eigenvalue weighted by Crippen LogP contribution is 2.03. The molecule has 0 amide bonds. The highest BCUT2D eigenvalue weighted by atomic mass is 16.6. The molecule has 0 aliphatic heterocycles. The molecule has 0 aromatic rings. The summed E-state index contributed by atoms with van der Waals surface area (Å²) in [7, 11) is 2.92. The number of hydrogen-bond donors (Lipinski definition) is 2. The summed E-state index contributed by atoms with van der Waals surface area (Å²) in [6, 6.07) is 0. The molecule has 0 unspecified atom stereocenters. The Morgan fingerprint density at radius 2 is 1.83 bits per heavy atom. The predicted octanol–water partition coefficient (Wildman–Crippen LogP) is 1.42. The molecule has 0 spiro atoms. The van der Waals surface area contributed by atoms with Crippen LogP contribution in [0.15, 0.2) is 23.5 Å². The molecule has 0 saturated heterocycles. The van der Waals surface area contributed by atoms with Gasteiger partial charge in [0.2, 0.25) is 0 Å². The third kappa shape index (κ3) is 6.93. The topological polar surface area (TPSA) is 68.8 Å². The van der Waals surface area contributed by atoms with Gasteiger partial charge in [0.1, 0.15) is 5.70 Å². The smallest absolute Gasteiger partial charge is 0.356 e. The molecule has 0 atom stereocenters. The van der Waals surface area contributed by atoms with Crippen LogP contribution in [0, 0.1) is 0 Å². The van der Waals surface area contributed by atoms with E-state index in [0.29, 0.717) is 12.3 Å². The van der Waals surface area contributed by atoms with Crippen LogP contribution >= 0.6 is 0 Å². The van der Waals surface area contributed by atoms with Crippen LogP contribution in [0.25, 0.3) is 0 Å². The van der Waals surface area contributed by atoms with E-state index >= 15 is 0 Å². The maximum absolute atomic E-state index is 11.6. The average Bonchev–Trinajstić information content (AvgIpc) is 2.35. The number of hydroxylamine groups is 2. The first kappa shape index (κ1) is 16.5. The van der Waals surface area contributed by atoms with Crippen LogP contribution in [-0.2, 0) is 19.2 Å². The monoisotopic (exact) mass is 258 g/mol. The molecule has 18 heavy (non-hydrogen) atoms. The van der Waals surface area contributed by atoms with E-state index in [1.807, 2.05) is 6.08 Å². The van der Waals surface area contributed by atoms with Gasteiger partial charge < -0.3 is 4.74 Å². The normalized spacial score (nSPS) is 12.2. The van der Waals surface area contributed by atoms with Gasteiger partial charge >= 0.3 is 5.97 Å². The van der Waals surface area contributed by atoms with E-state index in [9.17, 15) is 4.79 Å². The Kier molecular flexibility index (Phi) is 9.71. The van der Waals surface area contributed by atoms with Crippen LogP contribution in [0.1, 0.15) is 26.7 Å². The Bertz CT molecular complexity index is 300. The standard InChI is InChI=1S/C12H22N2O4/c1-5-7-8-10(13-16-3)9-11(14-17-4)12(15)18-6-2/h8-9,13-14H,5-7H2,1-4H3. The minimum Gasteiger partial charge on any atom is -0.461 e. The molecule has 104 valence electrons. The number of hydrogen-bond acceptors (Lipinski definition) is 6. The Morgan fingerprint density at radius 1 is 1.17 bits per heavy atom. The number of ether oxygens (including phenoxy) is 1. The summed E-state index contributed by atoms with van der Waals surface area (Å²) in [6.45, 7) is 4.10. The molecule has 0 rings (SSSR count). The molecule has 0 aromatic heterocycles. The first-order valence-electron chi connectivity index (χ1n) is 5.86. The number of carbonyl (C=O) groups is 1. The minimum absolute atomic E-state index is 0.200. The number of rotatable bonds is 9. The number of nitrogens with one attached hydrogen (secondary N) is 2. The lowest BCUT2D eigenvalue weighted by Crippen LogP contribution is -2.23. The third-order valence-corrected chi connectivity index (χ3v) is 1.88. The zero-order chi connectivity index (χ0) is 13.8. The summed E-state index contributed by atoms with van der Waals surface area (Å²) in [5, 5.41) is 0. The average molecular weight is 258 g/mol. The Labute approximate surface area is 108 Å². The molecule has 0 fully saturated rings. The van der Waals surface area contributed by atoms with Gasteiger partial charge in [-0.2, -0.15) is 0 Å². The largest absolute Gasteiger partial charge is 0.461 e. The SMILES string of the molecule is CCCC=C(C=C(NOC)C(=O)OCC)NOC. The van der Waals surface area contributed by atoms with E-state index in [1.54, 1.807) is 13.0 Å². The second-order valence-electron chi connectivity index (χ2n) is 3.34. The Balaban J connectivity index is 4.89. The van der Waals surface area contributed by atoms with E-state index in [1.165, 1.54) is 14.2 Å². The van der Waals surface area contributed by atoms with Crippen molar-refractivity contribution in [1.82, 2.24) is 11.0 Å². The molecule has 6 heteroatoms. The molecule has 0 aliphatic carbocycles. The van der Waals surface area contributed by atoms with Crippen LogP contribution in [0.3, 0.4) is 0 Å². The lowest BCUT2D eigenvalue weighted by atomic mass is 10.2. The summed E-state index contributed by atoms with van der Waals surface area (Å²) in [6.07, 6.45) is 5.35. The van der Waals surface area contributed by atoms with Crippen molar-refractivity contribution in [3.63, 3.8) is 0 Å². The van der Waals surface area contributed by atoms with E-state index in [2.05, 4.69) is 17.9 Å². The molecular weight excluding hydrogens is 236 g/mol. The lowest BCUT2D eigenvalue weighted by molar-refractivity contribution is -0.140. The van der Waals surface area contributed by atoms with E-state index in [-0.39, 0.29) is 5.70 Å². The van der Waals surface area contributed by atoms with Crippen molar-refractivity contribution in [2.45, 2.75) is 26.7 Å². The zero-order valence-corrected chi connectivity index (χ0v) is 11.4. The van der Waals surface area contributed by atoms with Gasteiger partial charge in [0.05, 0.1) is 26.5 Å². The summed E-state index contributed by atoms with van der Waals surface area (Å²) >= 11 is 0. The van der Waals surface area contributed by atoms with Crippen LogP contribution in [0.2, 0.25) is 0 Å². The van der Waals surface area contributed by atoms with E-state index < -0.39 is 5.97 Å². The zero-order valence-electron chi connectivity index (χ0n) is 11.4. The number of esters is 1. The van der Waals surface area contributed by atoms with Crippen LogP contribution < -0.4 is 11.0 Å². The van der Waals surface area contributed by atoms with Gasteiger partial charge in [0.15, 0.2) is 0 Å². The molecule has 6 nitrogen and oxygen atoms in total. The van der Waals surface area contributed by atoms with Crippen LogP contribution in [-0.4, -0.2) is 26.8 Å². The quantitative estimate of drug-likeness (QED) is 0.282.